The highest BCUT2D eigenvalue weighted by Crippen LogP contribution is 2.30. The number of carbonyl (C=O) groups is 1. The number of carbonyl (C=O) groups excluding carboxylic acids is 1. The molecule has 0 aliphatic rings. The molecule has 160 valence electrons. The van der Waals surface area contributed by atoms with Gasteiger partial charge in [-0.2, -0.15) is 0 Å². The van der Waals surface area contributed by atoms with Crippen LogP contribution in [0.5, 0.6) is 17.2 Å². The van der Waals surface area contributed by atoms with Crippen molar-refractivity contribution in [2.24, 2.45) is 0 Å². The van der Waals surface area contributed by atoms with Crippen LogP contribution in [0.15, 0.2) is 97.1 Å². The summed E-state index contributed by atoms with van der Waals surface area (Å²) < 4.78 is 37.7. The van der Waals surface area contributed by atoms with Crippen LogP contribution in [0.25, 0.3) is 0 Å². The summed E-state index contributed by atoms with van der Waals surface area (Å²) in [6, 6.07) is 25.4. The minimum absolute atomic E-state index is 0.250. The Hall–Kier alpha value is -4.19. The summed E-state index contributed by atoms with van der Waals surface area (Å²) in [5, 5.41) is 2.83. The Balaban J connectivity index is 1.44. The predicted molar refractivity (Wildman–Crippen MR) is 118 cm³/mol. The number of para-hydroxylation sites is 2. The van der Waals surface area contributed by atoms with E-state index in [4.69, 9.17) is 9.47 Å². The van der Waals surface area contributed by atoms with E-state index >= 15 is 0 Å². The number of hydrogen-bond donors (Lipinski definition) is 1. The fraction of sp³-hybridized carbons (Fsp3) is 0.0385. The molecular formula is C26H19F2NO3. The number of anilines is 1. The molecule has 4 aromatic carbocycles. The van der Waals surface area contributed by atoms with E-state index in [0.717, 1.165) is 5.56 Å². The third-order valence-corrected chi connectivity index (χ3v) is 4.59. The topological polar surface area (TPSA) is 47.6 Å². The second-order valence-electron chi connectivity index (χ2n) is 6.95. The zero-order chi connectivity index (χ0) is 22.3. The van der Waals surface area contributed by atoms with E-state index in [1.165, 1.54) is 36.4 Å². The summed E-state index contributed by atoms with van der Waals surface area (Å²) in [6.07, 6.45) is 0. The predicted octanol–water partition coefficient (Wildman–Crippen LogP) is 6.59. The van der Waals surface area contributed by atoms with Crippen LogP contribution in [-0.2, 0) is 6.61 Å². The van der Waals surface area contributed by atoms with Crippen LogP contribution in [-0.4, -0.2) is 5.91 Å². The van der Waals surface area contributed by atoms with Gasteiger partial charge in [0, 0.05) is 5.56 Å². The second-order valence-corrected chi connectivity index (χ2v) is 6.95. The zero-order valence-electron chi connectivity index (χ0n) is 16.9. The summed E-state index contributed by atoms with van der Waals surface area (Å²) in [7, 11) is 0. The molecule has 0 unspecified atom stereocenters. The molecule has 0 heterocycles. The van der Waals surface area contributed by atoms with Gasteiger partial charge in [-0.15, -0.1) is 0 Å². The van der Waals surface area contributed by atoms with Gasteiger partial charge in [-0.3, -0.25) is 4.79 Å². The number of nitrogens with one attached hydrogen (secondary N) is 1. The molecule has 6 heteroatoms. The molecule has 1 N–H and O–H groups in total. The van der Waals surface area contributed by atoms with Crippen LogP contribution >= 0.6 is 0 Å². The molecular weight excluding hydrogens is 412 g/mol. The van der Waals surface area contributed by atoms with Crippen molar-refractivity contribution in [3.63, 3.8) is 0 Å². The standard InChI is InChI=1S/C26H19F2NO3/c27-20-10-8-18(9-11-20)17-31-23-5-3-4-19(16-23)26(30)29-24-6-1-2-7-25(24)32-22-14-12-21(28)13-15-22/h1-16H,17H2,(H,29,30). The number of rotatable bonds is 7. The third kappa shape index (κ3) is 5.49. The first-order valence-corrected chi connectivity index (χ1v) is 9.88. The van der Waals surface area contributed by atoms with Crippen LogP contribution in [0.3, 0.4) is 0 Å². The number of benzene rings is 4. The maximum absolute atomic E-state index is 13.1. The van der Waals surface area contributed by atoms with Crippen molar-refractivity contribution < 1.29 is 23.0 Å². The molecule has 0 aromatic heterocycles. The summed E-state index contributed by atoms with van der Waals surface area (Å²) in [6.45, 7) is 0.250. The molecule has 0 saturated heterocycles. The van der Waals surface area contributed by atoms with E-state index in [1.807, 2.05) is 0 Å². The second kappa shape index (κ2) is 9.75. The molecule has 0 fully saturated rings. The third-order valence-electron chi connectivity index (χ3n) is 4.59. The van der Waals surface area contributed by atoms with Crippen LogP contribution in [0.1, 0.15) is 15.9 Å². The van der Waals surface area contributed by atoms with Gasteiger partial charge in [0.15, 0.2) is 5.75 Å². The van der Waals surface area contributed by atoms with Gasteiger partial charge in [0.05, 0.1) is 5.69 Å². The first kappa shape index (κ1) is 21.1. The van der Waals surface area contributed by atoms with Gasteiger partial charge in [-0.25, -0.2) is 8.78 Å². The van der Waals surface area contributed by atoms with E-state index in [9.17, 15) is 13.6 Å². The normalized spacial score (nSPS) is 10.4. The lowest BCUT2D eigenvalue weighted by atomic mass is 10.2. The lowest BCUT2D eigenvalue weighted by Gasteiger charge is -2.13. The van der Waals surface area contributed by atoms with Gasteiger partial charge in [-0.05, 0) is 72.3 Å². The van der Waals surface area contributed by atoms with Crippen molar-refractivity contribution in [2.45, 2.75) is 6.61 Å². The molecule has 4 rings (SSSR count). The van der Waals surface area contributed by atoms with Crippen LogP contribution in [0.2, 0.25) is 0 Å². The van der Waals surface area contributed by atoms with E-state index in [1.54, 1.807) is 60.7 Å². The summed E-state index contributed by atoms with van der Waals surface area (Å²) in [5.74, 6) is 0.377. The molecule has 0 bridgehead atoms. The molecule has 0 radical (unpaired) electrons. The van der Waals surface area contributed by atoms with Crippen molar-refractivity contribution in [1.29, 1.82) is 0 Å². The van der Waals surface area contributed by atoms with Gasteiger partial charge in [0.2, 0.25) is 0 Å². The number of hydrogen-bond acceptors (Lipinski definition) is 3. The fourth-order valence-corrected chi connectivity index (χ4v) is 2.96. The average Bonchev–Trinajstić information content (AvgIpc) is 2.81. The molecule has 32 heavy (non-hydrogen) atoms. The van der Waals surface area contributed by atoms with Crippen molar-refractivity contribution in [3.8, 4) is 17.2 Å². The molecule has 0 atom stereocenters. The minimum Gasteiger partial charge on any atom is -0.489 e. The quantitative estimate of drug-likeness (QED) is 0.359. The number of ether oxygens (including phenoxy) is 2. The summed E-state index contributed by atoms with van der Waals surface area (Å²) in [5.41, 5.74) is 1.69. The highest BCUT2D eigenvalue weighted by atomic mass is 19.1. The monoisotopic (exact) mass is 431 g/mol. The van der Waals surface area contributed by atoms with Gasteiger partial charge >= 0.3 is 0 Å². The lowest BCUT2D eigenvalue weighted by molar-refractivity contribution is 0.102. The molecule has 0 spiro atoms. The molecule has 0 saturated carbocycles. The molecule has 4 aromatic rings. The maximum Gasteiger partial charge on any atom is 0.255 e. The largest absolute Gasteiger partial charge is 0.489 e. The smallest absolute Gasteiger partial charge is 0.255 e. The van der Waals surface area contributed by atoms with E-state index in [-0.39, 0.29) is 24.1 Å². The lowest BCUT2D eigenvalue weighted by Crippen LogP contribution is -2.12. The Bertz CT molecular complexity index is 1210. The zero-order valence-corrected chi connectivity index (χ0v) is 16.9. The van der Waals surface area contributed by atoms with Crippen molar-refractivity contribution >= 4 is 11.6 Å². The number of amides is 1. The Kier molecular flexibility index (Phi) is 6.41. The molecule has 4 nitrogen and oxygen atoms in total. The van der Waals surface area contributed by atoms with E-state index < -0.39 is 0 Å². The van der Waals surface area contributed by atoms with Gasteiger partial charge in [0.25, 0.3) is 5.91 Å². The van der Waals surface area contributed by atoms with Gasteiger partial charge < -0.3 is 14.8 Å². The molecule has 0 aliphatic carbocycles. The highest BCUT2D eigenvalue weighted by Gasteiger charge is 2.12. The van der Waals surface area contributed by atoms with Crippen molar-refractivity contribution in [3.05, 3.63) is 120 Å². The fourth-order valence-electron chi connectivity index (χ4n) is 2.96. The van der Waals surface area contributed by atoms with Crippen LogP contribution < -0.4 is 14.8 Å². The Labute approximate surface area is 184 Å². The summed E-state index contributed by atoms with van der Waals surface area (Å²) in [4.78, 5) is 12.8. The van der Waals surface area contributed by atoms with Crippen molar-refractivity contribution in [2.75, 3.05) is 5.32 Å². The first-order chi connectivity index (χ1) is 15.6. The molecule has 1 amide bonds. The van der Waals surface area contributed by atoms with Crippen LogP contribution in [0, 0.1) is 11.6 Å². The minimum atomic E-state index is -0.361. The highest BCUT2D eigenvalue weighted by molar-refractivity contribution is 6.05. The van der Waals surface area contributed by atoms with E-state index in [0.29, 0.717) is 28.5 Å². The van der Waals surface area contributed by atoms with E-state index in [2.05, 4.69) is 5.32 Å². The van der Waals surface area contributed by atoms with Gasteiger partial charge in [0.1, 0.15) is 29.7 Å². The van der Waals surface area contributed by atoms with Crippen molar-refractivity contribution in [1.82, 2.24) is 0 Å². The van der Waals surface area contributed by atoms with Gasteiger partial charge in [-0.1, -0.05) is 30.3 Å². The first-order valence-electron chi connectivity index (χ1n) is 9.88. The SMILES string of the molecule is O=C(Nc1ccccc1Oc1ccc(F)cc1)c1cccc(OCc2ccc(F)cc2)c1. The maximum atomic E-state index is 13.1. The summed E-state index contributed by atoms with van der Waals surface area (Å²) >= 11 is 0. The Morgan fingerprint density at radius 3 is 2.19 bits per heavy atom. The molecule has 0 aliphatic heterocycles. The van der Waals surface area contributed by atoms with Crippen LogP contribution in [0.4, 0.5) is 14.5 Å². The Morgan fingerprint density at radius 2 is 1.44 bits per heavy atom. The number of halogens is 2. The average molecular weight is 431 g/mol. The Morgan fingerprint density at radius 1 is 0.750 bits per heavy atom.